The van der Waals surface area contributed by atoms with Gasteiger partial charge in [0.2, 0.25) is 0 Å². The van der Waals surface area contributed by atoms with Crippen molar-refractivity contribution in [1.82, 2.24) is 5.32 Å². The number of anilines is 1. The Morgan fingerprint density at radius 3 is 2.57 bits per heavy atom. The van der Waals surface area contributed by atoms with Crippen LogP contribution in [0.15, 0.2) is 12.1 Å². The molecule has 1 aromatic rings. The fourth-order valence-electron chi connectivity index (χ4n) is 2.13. The molecule has 0 heterocycles. The normalized spacial score (nSPS) is 11.5. The average Bonchev–Trinajstić information content (AvgIpc) is 2.41. The van der Waals surface area contributed by atoms with Crippen molar-refractivity contribution in [2.24, 2.45) is 5.41 Å². The zero-order valence-electron chi connectivity index (χ0n) is 12.9. The molecule has 0 fully saturated rings. The number of rotatable bonds is 7. The number of halogens is 2. The Bertz CT molecular complexity index is 501. The van der Waals surface area contributed by atoms with E-state index in [2.05, 4.69) is 12.2 Å². The molecule has 0 atom stereocenters. The van der Waals surface area contributed by atoms with Crippen molar-refractivity contribution in [2.75, 3.05) is 12.3 Å². The topological polar surface area (TPSA) is 55.1 Å². The largest absolute Gasteiger partial charge is 0.396 e. The Labute approximate surface area is 124 Å². The predicted molar refractivity (Wildman–Crippen MR) is 81.0 cm³/mol. The summed E-state index contributed by atoms with van der Waals surface area (Å²) in [6.07, 6.45) is 4.28. The van der Waals surface area contributed by atoms with Crippen LogP contribution in [0.5, 0.6) is 0 Å². The van der Waals surface area contributed by atoms with Gasteiger partial charge in [-0.3, -0.25) is 4.79 Å². The second kappa shape index (κ2) is 7.38. The Balaban J connectivity index is 2.68. The van der Waals surface area contributed by atoms with Gasteiger partial charge in [-0.15, -0.1) is 0 Å². The number of nitrogens with one attached hydrogen (secondary N) is 1. The first kappa shape index (κ1) is 17.4. The smallest absolute Gasteiger partial charge is 0.257 e. The lowest BCUT2D eigenvalue weighted by Gasteiger charge is -2.25. The molecule has 118 valence electrons. The fourth-order valence-corrected chi connectivity index (χ4v) is 2.13. The maximum Gasteiger partial charge on any atom is 0.257 e. The molecule has 21 heavy (non-hydrogen) atoms. The average molecular weight is 298 g/mol. The molecule has 1 rings (SSSR count). The van der Waals surface area contributed by atoms with E-state index in [9.17, 15) is 13.6 Å². The Hall–Kier alpha value is -1.65. The first-order chi connectivity index (χ1) is 9.78. The molecule has 0 spiro atoms. The number of unbranched alkanes of at least 4 members (excludes halogenated alkanes) is 2. The highest BCUT2D eigenvalue weighted by Gasteiger charge is 2.23. The summed E-state index contributed by atoms with van der Waals surface area (Å²) < 4.78 is 27.3. The van der Waals surface area contributed by atoms with E-state index >= 15 is 0 Å². The lowest BCUT2D eigenvalue weighted by Crippen LogP contribution is -2.35. The standard InChI is InChI=1S/C16H24F2N2O/c1-4-5-6-9-16(2,3)10-20-15(21)13-11(17)7-8-12(19)14(13)18/h7-8H,4-6,9-10,19H2,1-3H3,(H,20,21). The molecule has 0 unspecified atom stereocenters. The van der Waals surface area contributed by atoms with E-state index in [0.29, 0.717) is 6.54 Å². The van der Waals surface area contributed by atoms with Crippen molar-refractivity contribution in [3.8, 4) is 0 Å². The second-order valence-corrected chi connectivity index (χ2v) is 6.13. The van der Waals surface area contributed by atoms with Gasteiger partial charge in [-0.25, -0.2) is 8.78 Å². The Morgan fingerprint density at radius 1 is 1.29 bits per heavy atom. The van der Waals surface area contributed by atoms with Crippen LogP contribution in [0.2, 0.25) is 0 Å². The number of amides is 1. The Kier molecular flexibility index (Phi) is 6.12. The lowest BCUT2D eigenvalue weighted by atomic mass is 9.87. The molecule has 0 aliphatic rings. The zero-order valence-corrected chi connectivity index (χ0v) is 12.9. The number of carbonyl (C=O) groups is 1. The van der Waals surface area contributed by atoms with Gasteiger partial charge in [0.1, 0.15) is 11.4 Å². The van der Waals surface area contributed by atoms with Gasteiger partial charge in [0.15, 0.2) is 5.82 Å². The molecule has 0 aliphatic carbocycles. The van der Waals surface area contributed by atoms with Crippen LogP contribution >= 0.6 is 0 Å². The minimum absolute atomic E-state index is 0.113. The molecular formula is C16H24F2N2O. The fraction of sp³-hybridized carbons (Fsp3) is 0.562. The molecule has 1 aromatic carbocycles. The van der Waals surface area contributed by atoms with Crippen molar-refractivity contribution >= 4 is 11.6 Å². The maximum absolute atomic E-state index is 13.8. The Morgan fingerprint density at radius 2 is 1.95 bits per heavy atom. The molecule has 0 saturated carbocycles. The quantitative estimate of drug-likeness (QED) is 0.593. The first-order valence-corrected chi connectivity index (χ1v) is 7.30. The van der Waals surface area contributed by atoms with Crippen LogP contribution in [0.1, 0.15) is 56.8 Å². The molecule has 0 saturated heterocycles. The van der Waals surface area contributed by atoms with E-state index in [1.165, 1.54) is 0 Å². The monoisotopic (exact) mass is 298 g/mol. The maximum atomic E-state index is 13.8. The van der Waals surface area contributed by atoms with Crippen LogP contribution in [0.4, 0.5) is 14.5 Å². The van der Waals surface area contributed by atoms with Gasteiger partial charge < -0.3 is 11.1 Å². The summed E-state index contributed by atoms with van der Waals surface area (Å²) >= 11 is 0. The third kappa shape index (κ3) is 4.99. The van der Waals surface area contributed by atoms with Crippen LogP contribution in [0.25, 0.3) is 0 Å². The van der Waals surface area contributed by atoms with Crippen LogP contribution in [-0.4, -0.2) is 12.5 Å². The summed E-state index contributed by atoms with van der Waals surface area (Å²) in [5, 5.41) is 2.60. The number of carbonyl (C=O) groups excluding carboxylic acids is 1. The summed E-state index contributed by atoms with van der Waals surface area (Å²) in [4.78, 5) is 12.0. The summed E-state index contributed by atoms with van der Waals surface area (Å²) in [5.41, 5.74) is 4.41. The highest BCUT2D eigenvalue weighted by molar-refractivity contribution is 5.95. The number of nitrogen functional groups attached to an aromatic ring is 1. The third-order valence-corrected chi connectivity index (χ3v) is 3.53. The summed E-state index contributed by atoms with van der Waals surface area (Å²) in [7, 11) is 0. The lowest BCUT2D eigenvalue weighted by molar-refractivity contribution is 0.0925. The summed E-state index contributed by atoms with van der Waals surface area (Å²) in [6.45, 7) is 6.54. The number of benzene rings is 1. The van der Waals surface area contributed by atoms with Crippen molar-refractivity contribution in [1.29, 1.82) is 0 Å². The molecule has 5 heteroatoms. The first-order valence-electron chi connectivity index (χ1n) is 7.30. The van der Waals surface area contributed by atoms with Gasteiger partial charge in [0.25, 0.3) is 5.91 Å². The van der Waals surface area contributed by atoms with Gasteiger partial charge >= 0.3 is 0 Å². The molecule has 3 nitrogen and oxygen atoms in total. The molecule has 0 aromatic heterocycles. The van der Waals surface area contributed by atoms with E-state index in [4.69, 9.17) is 5.73 Å². The van der Waals surface area contributed by atoms with Crippen molar-refractivity contribution in [2.45, 2.75) is 46.5 Å². The van der Waals surface area contributed by atoms with Crippen molar-refractivity contribution < 1.29 is 13.6 Å². The van der Waals surface area contributed by atoms with Crippen LogP contribution in [0, 0.1) is 17.0 Å². The van der Waals surface area contributed by atoms with Gasteiger partial charge in [-0.1, -0.05) is 40.0 Å². The van der Waals surface area contributed by atoms with E-state index in [0.717, 1.165) is 37.8 Å². The summed E-state index contributed by atoms with van der Waals surface area (Å²) in [5.74, 6) is -2.67. The van der Waals surface area contributed by atoms with Gasteiger partial charge in [0, 0.05) is 6.54 Å². The third-order valence-electron chi connectivity index (χ3n) is 3.53. The number of hydrogen-bond donors (Lipinski definition) is 2. The second-order valence-electron chi connectivity index (χ2n) is 6.13. The minimum Gasteiger partial charge on any atom is -0.396 e. The molecule has 3 N–H and O–H groups in total. The van der Waals surface area contributed by atoms with Gasteiger partial charge in [-0.2, -0.15) is 0 Å². The van der Waals surface area contributed by atoms with E-state index < -0.39 is 23.1 Å². The molecular weight excluding hydrogens is 274 g/mol. The van der Waals surface area contributed by atoms with Gasteiger partial charge in [-0.05, 0) is 24.0 Å². The molecule has 1 amide bonds. The molecule has 0 bridgehead atoms. The van der Waals surface area contributed by atoms with Gasteiger partial charge in [0.05, 0.1) is 5.69 Å². The van der Waals surface area contributed by atoms with E-state index in [-0.39, 0.29) is 11.1 Å². The van der Waals surface area contributed by atoms with Crippen molar-refractivity contribution in [3.63, 3.8) is 0 Å². The highest BCUT2D eigenvalue weighted by atomic mass is 19.1. The zero-order chi connectivity index (χ0) is 16.0. The van der Waals surface area contributed by atoms with Crippen molar-refractivity contribution in [3.05, 3.63) is 29.3 Å². The van der Waals surface area contributed by atoms with E-state index in [1.807, 2.05) is 13.8 Å². The van der Waals surface area contributed by atoms with Crippen LogP contribution in [-0.2, 0) is 0 Å². The van der Waals surface area contributed by atoms with Crippen LogP contribution in [0.3, 0.4) is 0 Å². The van der Waals surface area contributed by atoms with Crippen LogP contribution < -0.4 is 11.1 Å². The predicted octanol–water partition coefficient (Wildman–Crippen LogP) is 3.88. The number of nitrogens with two attached hydrogens (primary N) is 1. The molecule has 0 radical (unpaired) electrons. The van der Waals surface area contributed by atoms with E-state index in [1.54, 1.807) is 0 Å². The minimum atomic E-state index is -1.00. The number of hydrogen-bond acceptors (Lipinski definition) is 2. The molecule has 0 aliphatic heterocycles. The summed E-state index contributed by atoms with van der Waals surface area (Å²) in [6, 6.07) is 2.11. The SMILES string of the molecule is CCCCCC(C)(C)CNC(=O)c1c(F)ccc(N)c1F. The highest BCUT2D eigenvalue weighted by Crippen LogP contribution is 2.23.